The molecular weight excluding hydrogens is 244 g/mol. The second-order valence-electron chi connectivity index (χ2n) is 4.24. The molecule has 0 aliphatic heterocycles. The number of rotatable bonds is 3. The normalized spacial score (nSPS) is 10.8. The number of benzene rings is 1. The summed E-state index contributed by atoms with van der Waals surface area (Å²) in [5.74, 6) is 1.29. The highest BCUT2D eigenvalue weighted by molar-refractivity contribution is 5.47. The van der Waals surface area contributed by atoms with E-state index in [-0.39, 0.29) is 5.75 Å². The predicted octanol–water partition coefficient (Wildman–Crippen LogP) is 1.77. The van der Waals surface area contributed by atoms with Crippen molar-refractivity contribution in [2.75, 3.05) is 0 Å². The van der Waals surface area contributed by atoms with Crippen LogP contribution in [0.25, 0.3) is 11.5 Å². The molecule has 2 heterocycles. The van der Waals surface area contributed by atoms with Crippen molar-refractivity contribution < 1.29 is 9.63 Å². The molecule has 0 saturated carbocycles. The van der Waals surface area contributed by atoms with Gasteiger partial charge < -0.3 is 14.2 Å². The van der Waals surface area contributed by atoms with Crippen LogP contribution in [0.5, 0.6) is 5.75 Å². The molecule has 6 heteroatoms. The Bertz CT molecular complexity index is 685. The molecule has 19 heavy (non-hydrogen) atoms. The Morgan fingerprint density at radius 3 is 2.74 bits per heavy atom. The smallest absolute Gasteiger partial charge is 0.231 e. The molecule has 0 bridgehead atoms. The molecule has 96 valence electrons. The largest absolute Gasteiger partial charge is 0.508 e. The van der Waals surface area contributed by atoms with Crippen molar-refractivity contribution in [2.24, 2.45) is 7.05 Å². The van der Waals surface area contributed by atoms with Crippen LogP contribution in [0.15, 0.2) is 41.3 Å². The molecule has 1 aromatic carbocycles. The maximum absolute atomic E-state index is 9.22. The Labute approximate surface area is 109 Å². The number of hydrogen-bond acceptors (Lipinski definition) is 5. The van der Waals surface area contributed by atoms with E-state index in [9.17, 15) is 5.11 Å². The van der Waals surface area contributed by atoms with Gasteiger partial charge in [-0.25, -0.2) is 4.98 Å². The van der Waals surface area contributed by atoms with E-state index < -0.39 is 0 Å². The average molecular weight is 256 g/mol. The third-order valence-electron chi connectivity index (χ3n) is 2.81. The van der Waals surface area contributed by atoms with Gasteiger partial charge in [-0.2, -0.15) is 4.98 Å². The maximum Gasteiger partial charge on any atom is 0.231 e. The van der Waals surface area contributed by atoms with Gasteiger partial charge in [0.15, 0.2) is 0 Å². The van der Waals surface area contributed by atoms with E-state index in [1.807, 2.05) is 23.7 Å². The summed E-state index contributed by atoms with van der Waals surface area (Å²) in [4.78, 5) is 8.34. The summed E-state index contributed by atoms with van der Waals surface area (Å²) in [7, 11) is 1.87. The van der Waals surface area contributed by atoms with Gasteiger partial charge in [-0.15, -0.1) is 0 Å². The summed E-state index contributed by atoms with van der Waals surface area (Å²) in [5, 5.41) is 13.2. The first kappa shape index (κ1) is 11.5. The second kappa shape index (κ2) is 4.56. The molecular formula is C13H12N4O2. The minimum absolute atomic E-state index is 0.241. The minimum atomic E-state index is 0.241. The fraction of sp³-hybridized carbons (Fsp3) is 0.154. The number of aryl methyl sites for hydroxylation is 1. The zero-order valence-corrected chi connectivity index (χ0v) is 10.3. The molecule has 0 radical (unpaired) electrons. The van der Waals surface area contributed by atoms with Crippen molar-refractivity contribution in [3.05, 3.63) is 48.2 Å². The van der Waals surface area contributed by atoms with Gasteiger partial charge in [0, 0.05) is 7.05 Å². The van der Waals surface area contributed by atoms with Crippen molar-refractivity contribution in [1.29, 1.82) is 0 Å². The number of phenolic OH excluding ortho intramolecular Hbond substituents is 1. The zero-order valence-electron chi connectivity index (χ0n) is 10.3. The fourth-order valence-electron chi connectivity index (χ4n) is 1.79. The fourth-order valence-corrected chi connectivity index (χ4v) is 1.79. The molecule has 0 spiro atoms. The van der Waals surface area contributed by atoms with Crippen LogP contribution in [0.1, 0.15) is 11.5 Å². The van der Waals surface area contributed by atoms with E-state index in [4.69, 9.17) is 4.52 Å². The lowest BCUT2D eigenvalue weighted by Gasteiger charge is -1.96. The number of hydrogen-bond donors (Lipinski definition) is 1. The first-order valence-electron chi connectivity index (χ1n) is 5.79. The molecule has 6 nitrogen and oxygen atoms in total. The van der Waals surface area contributed by atoms with Crippen LogP contribution in [-0.4, -0.2) is 24.8 Å². The summed E-state index contributed by atoms with van der Waals surface area (Å²) in [5.41, 5.74) is 1.80. The molecule has 0 atom stereocenters. The minimum Gasteiger partial charge on any atom is -0.508 e. The van der Waals surface area contributed by atoms with Crippen LogP contribution in [0.2, 0.25) is 0 Å². The third kappa shape index (κ3) is 2.33. The van der Waals surface area contributed by atoms with E-state index in [1.54, 1.807) is 24.7 Å². The first-order valence-corrected chi connectivity index (χ1v) is 5.79. The Balaban J connectivity index is 1.82. The van der Waals surface area contributed by atoms with Crippen LogP contribution < -0.4 is 0 Å². The van der Waals surface area contributed by atoms with Gasteiger partial charge in [0.1, 0.15) is 11.4 Å². The Kier molecular flexibility index (Phi) is 2.75. The molecule has 3 aromatic rings. The number of aromatic nitrogens is 4. The van der Waals surface area contributed by atoms with Gasteiger partial charge >= 0.3 is 0 Å². The van der Waals surface area contributed by atoms with Gasteiger partial charge in [-0.05, 0) is 17.7 Å². The first-order chi connectivity index (χ1) is 9.22. The van der Waals surface area contributed by atoms with Crippen molar-refractivity contribution in [3.8, 4) is 17.3 Å². The molecule has 0 unspecified atom stereocenters. The lowest BCUT2D eigenvalue weighted by molar-refractivity contribution is 0.385. The van der Waals surface area contributed by atoms with Crippen LogP contribution in [0, 0.1) is 0 Å². The maximum atomic E-state index is 9.22. The van der Waals surface area contributed by atoms with Crippen molar-refractivity contribution in [3.63, 3.8) is 0 Å². The molecule has 0 aliphatic carbocycles. The summed E-state index contributed by atoms with van der Waals surface area (Å²) >= 11 is 0. The predicted molar refractivity (Wildman–Crippen MR) is 67.4 cm³/mol. The van der Waals surface area contributed by atoms with Crippen LogP contribution in [-0.2, 0) is 13.5 Å². The van der Waals surface area contributed by atoms with Crippen LogP contribution in [0.3, 0.4) is 0 Å². The number of imidazole rings is 1. The molecule has 3 rings (SSSR count). The molecule has 0 amide bonds. The van der Waals surface area contributed by atoms with Crippen LogP contribution >= 0.6 is 0 Å². The standard InChI is InChI=1S/C13H12N4O2/c1-17-8-14-7-11(17)13-15-12(19-16-13)6-9-2-4-10(18)5-3-9/h2-5,7-8,18H,6H2,1H3. The van der Waals surface area contributed by atoms with E-state index in [0.29, 0.717) is 18.1 Å². The van der Waals surface area contributed by atoms with Gasteiger partial charge in [0.05, 0.1) is 18.9 Å². The number of phenols is 1. The molecule has 2 aromatic heterocycles. The summed E-state index contributed by atoms with van der Waals surface area (Å²) in [6.45, 7) is 0. The highest BCUT2D eigenvalue weighted by atomic mass is 16.5. The van der Waals surface area contributed by atoms with E-state index in [0.717, 1.165) is 11.3 Å². The Hall–Kier alpha value is -2.63. The SMILES string of the molecule is Cn1cncc1-c1noc(Cc2ccc(O)cc2)n1. The van der Waals surface area contributed by atoms with E-state index in [1.165, 1.54) is 0 Å². The Morgan fingerprint density at radius 2 is 2.05 bits per heavy atom. The van der Waals surface area contributed by atoms with Gasteiger partial charge in [0.25, 0.3) is 0 Å². The Morgan fingerprint density at radius 1 is 1.26 bits per heavy atom. The van der Waals surface area contributed by atoms with E-state index >= 15 is 0 Å². The van der Waals surface area contributed by atoms with Crippen molar-refractivity contribution in [1.82, 2.24) is 19.7 Å². The topological polar surface area (TPSA) is 77.0 Å². The summed E-state index contributed by atoms with van der Waals surface area (Å²) in [6.07, 6.45) is 3.91. The van der Waals surface area contributed by atoms with Crippen molar-refractivity contribution >= 4 is 0 Å². The van der Waals surface area contributed by atoms with E-state index in [2.05, 4.69) is 15.1 Å². The number of aromatic hydroxyl groups is 1. The lowest BCUT2D eigenvalue weighted by Crippen LogP contribution is -1.92. The quantitative estimate of drug-likeness (QED) is 0.772. The monoisotopic (exact) mass is 256 g/mol. The highest BCUT2D eigenvalue weighted by Crippen LogP contribution is 2.17. The number of nitrogens with zero attached hydrogens (tertiary/aromatic N) is 4. The molecule has 0 saturated heterocycles. The highest BCUT2D eigenvalue weighted by Gasteiger charge is 2.11. The van der Waals surface area contributed by atoms with Gasteiger partial charge in [0.2, 0.25) is 11.7 Å². The summed E-state index contributed by atoms with van der Waals surface area (Å²) in [6, 6.07) is 6.91. The summed E-state index contributed by atoms with van der Waals surface area (Å²) < 4.78 is 7.04. The average Bonchev–Trinajstić information content (AvgIpc) is 3.01. The molecule has 0 fully saturated rings. The van der Waals surface area contributed by atoms with Gasteiger partial charge in [-0.1, -0.05) is 17.3 Å². The third-order valence-corrected chi connectivity index (χ3v) is 2.81. The molecule has 0 aliphatic rings. The van der Waals surface area contributed by atoms with Crippen LogP contribution in [0.4, 0.5) is 0 Å². The van der Waals surface area contributed by atoms with Crippen molar-refractivity contribution in [2.45, 2.75) is 6.42 Å². The zero-order chi connectivity index (χ0) is 13.2. The lowest BCUT2D eigenvalue weighted by atomic mass is 10.1. The van der Waals surface area contributed by atoms with Gasteiger partial charge in [-0.3, -0.25) is 0 Å². The molecule has 1 N–H and O–H groups in total. The second-order valence-corrected chi connectivity index (χ2v) is 4.24.